The van der Waals surface area contributed by atoms with Gasteiger partial charge in [-0.05, 0) is 18.2 Å². The molecule has 0 aliphatic heterocycles. The summed E-state index contributed by atoms with van der Waals surface area (Å²) >= 11 is 0. The minimum atomic E-state index is 0.00387. The summed E-state index contributed by atoms with van der Waals surface area (Å²) in [6.07, 6.45) is 3.59. The second-order valence-electron chi connectivity index (χ2n) is 4.63. The van der Waals surface area contributed by atoms with Gasteiger partial charge in [0, 0.05) is 38.6 Å². The lowest BCUT2D eigenvalue weighted by Crippen LogP contribution is -2.21. The monoisotopic (exact) mass is 258 g/mol. The van der Waals surface area contributed by atoms with E-state index < -0.39 is 0 Å². The molecule has 1 amide bonds. The fourth-order valence-electron chi connectivity index (χ4n) is 1.77. The van der Waals surface area contributed by atoms with E-state index in [4.69, 9.17) is 0 Å². The molecule has 0 saturated heterocycles. The van der Waals surface area contributed by atoms with E-state index in [0.29, 0.717) is 12.1 Å². The lowest BCUT2D eigenvalue weighted by atomic mass is 10.2. The number of carbonyl (C=O) groups excluding carboxylic acids is 1. The summed E-state index contributed by atoms with van der Waals surface area (Å²) in [5, 5.41) is 3.29. The molecule has 0 radical (unpaired) electrons. The molecule has 2 aromatic rings. The summed E-state index contributed by atoms with van der Waals surface area (Å²) < 4.78 is 1.96. The number of nitrogens with zero attached hydrogens (tertiary/aromatic N) is 3. The van der Waals surface area contributed by atoms with Crippen molar-refractivity contribution in [1.29, 1.82) is 0 Å². The number of anilines is 1. The molecule has 2 rings (SSSR count). The van der Waals surface area contributed by atoms with Gasteiger partial charge in [0.15, 0.2) is 0 Å². The SMILES string of the molecule is CN(C)C(=O)c1cccc(NCc2cncn2C)c1. The summed E-state index contributed by atoms with van der Waals surface area (Å²) in [6, 6.07) is 7.50. The fourth-order valence-corrected chi connectivity index (χ4v) is 1.77. The van der Waals surface area contributed by atoms with Crippen LogP contribution < -0.4 is 5.32 Å². The number of nitrogens with one attached hydrogen (secondary N) is 1. The number of imidazole rings is 1. The topological polar surface area (TPSA) is 50.2 Å². The van der Waals surface area contributed by atoms with Gasteiger partial charge in [-0.25, -0.2) is 4.98 Å². The molecule has 5 heteroatoms. The number of aromatic nitrogens is 2. The van der Waals surface area contributed by atoms with Crippen molar-refractivity contribution in [2.45, 2.75) is 6.54 Å². The maximum absolute atomic E-state index is 11.9. The molecule has 0 fully saturated rings. The Kier molecular flexibility index (Phi) is 3.85. The van der Waals surface area contributed by atoms with Gasteiger partial charge in [0.05, 0.1) is 18.6 Å². The number of hydrogen-bond acceptors (Lipinski definition) is 3. The van der Waals surface area contributed by atoms with Crippen molar-refractivity contribution in [2.24, 2.45) is 7.05 Å². The van der Waals surface area contributed by atoms with Crippen LogP contribution in [-0.4, -0.2) is 34.5 Å². The van der Waals surface area contributed by atoms with E-state index in [1.54, 1.807) is 25.3 Å². The van der Waals surface area contributed by atoms with Gasteiger partial charge in [-0.3, -0.25) is 4.79 Å². The Balaban J connectivity index is 2.07. The van der Waals surface area contributed by atoms with Gasteiger partial charge in [0.1, 0.15) is 0 Å². The largest absolute Gasteiger partial charge is 0.379 e. The van der Waals surface area contributed by atoms with Crippen LogP contribution in [0.4, 0.5) is 5.69 Å². The maximum Gasteiger partial charge on any atom is 0.253 e. The number of carbonyl (C=O) groups is 1. The van der Waals surface area contributed by atoms with Gasteiger partial charge >= 0.3 is 0 Å². The molecule has 100 valence electrons. The summed E-state index contributed by atoms with van der Waals surface area (Å²) in [4.78, 5) is 17.5. The van der Waals surface area contributed by atoms with E-state index in [1.165, 1.54) is 0 Å². The lowest BCUT2D eigenvalue weighted by molar-refractivity contribution is 0.0827. The van der Waals surface area contributed by atoms with Crippen molar-refractivity contribution >= 4 is 11.6 Å². The molecule has 5 nitrogen and oxygen atoms in total. The Bertz CT molecular complexity index is 574. The molecular formula is C14H18N4O. The van der Waals surface area contributed by atoms with E-state index in [0.717, 1.165) is 11.4 Å². The predicted octanol–water partition coefficient (Wildman–Crippen LogP) is 1.73. The molecule has 0 spiro atoms. The first-order chi connectivity index (χ1) is 9.08. The Morgan fingerprint density at radius 1 is 1.42 bits per heavy atom. The summed E-state index contributed by atoms with van der Waals surface area (Å²) in [5.74, 6) is 0.00387. The third kappa shape index (κ3) is 3.13. The molecule has 0 unspecified atom stereocenters. The van der Waals surface area contributed by atoms with Crippen molar-refractivity contribution in [3.05, 3.63) is 48.0 Å². The highest BCUT2D eigenvalue weighted by Crippen LogP contribution is 2.13. The molecule has 1 aromatic carbocycles. The van der Waals surface area contributed by atoms with Crippen LogP contribution in [0.25, 0.3) is 0 Å². The van der Waals surface area contributed by atoms with E-state index >= 15 is 0 Å². The van der Waals surface area contributed by atoms with Gasteiger partial charge in [-0.2, -0.15) is 0 Å². The van der Waals surface area contributed by atoms with Crippen molar-refractivity contribution < 1.29 is 4.79 Å². The van der Waals surface area contributed by atoms with Crippen LogP contribution in [0.3, 0.4) is 0 Å². The van der Waals surface area contributed by atoms with Gasteiger partial charge in [0.25, 0.3) is 5.91 Å². The third-order valence-electron chi connectivity index (χ3n) is 2.91. The zero-order valence-electron chi connectivity index (χ0n) is 11.4. The predicted molar refractivity (Wildman–Crippen MR) is 75.0 cm³/mol. The molecule has 1 N–H and O–H groups in total. The number of benzene rings is 1. The quantitative estimate of drug-likeness (QED) is 0.908. The van der Waals surface area contributed by atoms with Crippen LogP contribution in [-0.2, 0) is 13.6 Å². The first-order valence-electron chi connectivity index (χ1n) is 6.08. The maximum atomic E-state index is 11.9. The normalized spacial score (nSPS) is 10.3. The molecular weight excluding hydrogens is 240 g/mol. The Morgan fingerprint density at radius 2 is 2.21 bits per heavy atom. The Morgan fingerprint density at radius 3 is 2.84 bits per heavy atom. The summed E-state index contributed by atoms with van der Waals surface area (Å²) in [7, 11) is 5.45. The van der Waals surface area contributed by atoms with Crippen molar-refractivity contribution in [3.8, 4) is 0 Å². The van der Waals surface area contributed by atoms with E-state index in [2.05, 4.69) is 10.3 Å². The second kappa shape index (κ2) is 5.56. The standard InChI is InChI=1S/C14H18N4O/c1-17(2)14(19)11-5-4-6-12(7-11)16-9-13-8-15-10-18(13)3/h4-8,10,16H,9H2,1-3H3. The van der Waals surface area contributed by atoms with Crippen molar-refractivity contribution in [3.63, 3.8) is 0 Å². The lowest BCUT2D eigenvalue weighted by Gasteiger charge is -2.12. The summed E-state index contributed by atoms with van der Waals surface area (Å²) in [6.45, 7) is 0.677. The van der Waals surface area contributed by atoms with Gasteiger partial charge in [0.2, 0.25) is 0 Å². The molecule has 1 aromatic heterocycles. The Labute approximate surface area is 112 Å². The van der Waals surface area contributed by atoms with Crippen molar-refractivity contribution in [1.82, 2.24) is 14.5 Å². The highest BCUT2D eigenvalue weighted by molar-refractivity contribution is 5.94. The van der Waals surface area contributed by atoms with Gasteiger partial charge in [-0.1, -0.05) is 6.07 Å². The summed E-state index contributed by atoms with van der Waals surface area (Å²) in [5.41, 5.74) is 2.69. The zero-order valence-corrected chi connectivity index (χ0v) is 11.4. The van der Waals surface area contributed by atoms with Crippen LogP contribution in [0.1, 0.15) is 16.1 Å². The second-order valence-corrected chi connectivity index (χ2v) is 4.63. The number of amides is 1. The first-order valence-corrected chi connectivity index (χ1v) is 6.08. The van der Waals surface area contributed by atoms with Crippen molar-refractivity contribution in [2.75, 3.05) is 19.4 Å². The first kappa shape index (κ1) is 13.1. The van der Waals surface area contributed by atoms with Crippen LogP contribution in [0.15, 0.2) is 36.8 Å². The molecule has 0 atom stereocenters. The molecule has 0 bridgehead atoms. The highest BCUT2D eigenvalue weighted by atomic mass is 16.2. The minimum Gasteiger partial charge on any atom is -0.379 e. The molecule has 0 saturated carbocycles. The van der Waals surface area contributed by atoms with Gasteiger partial charge < -0.3 is 14.8 Å². The average Bonchev–Trinajstić information content (AvgIpc) is 2.81. The van der Waals surface area contributed by atoms with E-state index in [1.807, 2.05) is 42.1 Å². The fraction of sp³-hybridized carbons (Fsp3) is 0.286. The average molecular weight is 258 g/mol. The number of aryl methyl sites for hydroxylation is 1. The van der Waals surface area contributed by atoms with Crippen LogP contribution in [0, 0.1) is 0 Å². The zero-order chi connectivity index (χ0) is 13.8. The third-order valence-corrected chi connectivity index (χ3v) is 2.91. The number of rotatable bonds is 4. The van der Waals surface area contributed by atoms with Crippen LogP contribution >= 0.6 is 0 Å². The minimum absolute atomic E-state index is 0.00387. The smallest absolute Gasteiger partial charge is 0.253 e. The van der Waals surface area contributed by atoms with Crippen LogP contribution in [0.2, 0.25) is 0 Å². The van der Waals surface area contributed by atoms with E-state index in [9.17, 15) is 4.79 Å². The highest BCUT2D eigenvalue weighted by Gasteiger charge is 2.08. The molecule has 0 aliphatic rings. The number of hydrogen-bond donors (Lipinski definition) is 1. The molecule has 1 heterocycles. The van der Waals surface area contributed by atoms with Crippen LogP contribution in [0.5, 0.6) is 0 Å². The van der Waals surface area contributed by atoms with E-state index in [-0.39, 0.29) is 5.91 Å². The molecule has 19 heavy (non-hydrogen) atoms. The van der Waals surface area contributed by atoms with Gasteiger partial charge in [-0.15, -0.1) is 0 Å². The molecule has 0 aliphatic carbocycles. The Hall–Kier alpha value is -2.30.